The Morgan fingerprint density at radius 2 is 2.08 bits per heavy atom. The fourth-order valence-electron chi connectivity index (χ4n) is 2.57. The number of halogens is 3. The van der Waals surface area contributed by atoms with Gasteiger partial charge in [-0.2, -0.15) is 18.4 Å². The number of nitrogens with zero attached hydrogens (tertiary/aromatic N) is 1. The SMILES string of the molecule is CCCOc1ccc(C(F)(F)F)cc1NCC(=O)N[C@](C)(C#N)C1CC1. The predicted octanol–water partition coefficient (Wildman–Crippen LogP) is 3.71. The average molecular weight is 369 g/mol. The molecule has 1 amide bonds. The van der Waals surface area contributed by atoms with Crippen LogP contribution in [-0.4, -0.2) is 24.6 Å². The fraction of sp³-hybridized carbons (Fsp3) is 0.556. The molecular weight excluding hydrogens is 347 g/mol. The van der Waals surface area contributed by atoms with Crippen molar-refractivity contribution in [2.75, 3.05) is 18.5 Å². The van der Waals surface area contributed by atoms with Crippen molar-refractivity contribution in [2.45, 2.75) is 44.8 Å². The molecule has 0 aromatic heterocycles. The fourth-order valence-corrected chi connectivity index (χ4v) is 2.57. The minimum atomic E-state index is -4.49. The minimum absolute atomic E-state index is 0.0912. The second-order valence-electron chi connectivity index (χ2n) is 6.55. The van der Waals surface area contributed by atoms with Crippen LogP contribution < -0.4 is 15.4 Å². The molecule has 1 aromatic rings. The summed E-state index contributed by atoms with van der Waals surface area (Å²) in [6.45, 7) is 3.63. The van der Waals surface area contributed by atoms with Crippen molar-refractivity contribution >= 4 is 11.6 Å². The van der Waals surface area contributed by atoms with Crippen LogP contribution in [0.15, 0.2) is 18.2 Å². The summed E-state index contributed by atoms with van der Waals surface area (Å²) in [5.41, 5.74) is -1.69. The van der Waals surface area contributed by atoms with E-state index in [-0.39, 0.29) is 23.9 Å². The third-order valence-corrected chi connectivity index (χ3v) is 4.23. The normalized spacial score (nSPS) is 16.3. The van der Waals surface area contributed by atoms with Gasteiger partial charge in [0.1, 0.15) is 11.3 Å². The highest BCUT2D eigenvalue weighted by Gasteiger charge is 2.43. The molecule has 1 aliphatic carbocycles. The Kier molecular flexibility index (Phi) is 6.01. The van der Waals surface area contributed by atoms with E-state index in [0.717, 1.165) is 25.0 Å². The van der Waals surface area contributed by atoms with Gasteiger partial charge in [-0.25, -0.2) is 0 Å². The van der Waals surface area contributed by atoms with Gasteiger partial charge in [0.05, 0.1) is 30.5 Å². The van der Waals surface area contributed by atoms with Crippen molar-refractivity contribution in [3.05, 3.63) is 23.8 Å². The summed E-state index contributed by atoms with van der Waals surface area (Å²) in [6, 6.07) is 5.20. The molecule has 142 valence electrons. The molecule has 0 bridgehead atoms. The quantitative estimate of drug-likeness (QED) is 0.733. The zero-order valence-electron chi connectivity index (χ0n) is 14.7. The first-order chi connectivity index (χ1) is 12.2. The molecule has 8 heteroatoms. The monoisotopic (exact) mass is 369 g/mol. The second kappa shape index (κ2) is 7.85. The number of nitriles is 1. The lowest BCUT2D eigenvalue weighted by molar-refractivity contribution is -0.137. The number of benzene rings is 1. The highest BCUT2D eigenvalue weighted by atomic mass is 19.4. The highest BCUT2D eigenvalue weighted by molar-refractivity contribution is 5.82. The first-order valence-electron chi connectivity index (χ1n) is 8.49. The number of hydrogen-bond acceptors (Lipinski definition) is 4. The summed E-state index contributed by atoms with van der Waals surface area (Å²) in [5, 5.41) is 14.6. The van der Waals surface area contributed by atoms with E-state index in [2.05, 4.69) is 16.7 Å². The molecule has 0 saturated heterocycles. The Labute approximate surface area is 150 Å². The number of carbonyl (C=O) groups is 1. The summed E-state index contributed by atoms with van der Waals surface area (Å²) in [4.78, 5) is 12.1. The zero-order chi connectivity index (χ0) is 19.4. The summed E-state index contributed by atoms with van der Waals surface area (Å²) >= 11 is 0. The van der Waals surface area contributed by atoms with Gasteiger partial charge in [0.25, 0.3) is 0 Å². The summed E-state index contributed by atoms with van der Waals surface area (Å²) in [7, 11) is 0. The number of amides is 1. The van der Waals surface area contributed by atoms with Gasteiger partial charge in [-0.3, -0.25) is 4.79 Å². The van der Waals surface area contributed by atoms with E-state index in [1.165, 1.54) is 6.07 Å². The van der Waals surface area contributed by atoms with E-state index >= 15 is 0 Å². The van der Waals surface area contributed by atoms with Gasteiger partial charge in [-0.15, -0.1) is 0 Å². The van der Waals surface area contributed by atoms with Gasteiger partial charge in [0.2, 0.25) is 5.91 Å². The zero-order valence-corrected chi connectivity index (χ0v) is 14.7. The molecule has 26 heavy (non-hydrogen) atoms. The Bertz CT molecular complexity index is 696. The lowest BCUT2D eigenvalue weighted by Crippen LogP contribution is -2.48. The molecule has 1 aliphatic rings. The second-order valence-corrected chi connectivity index (χ2v) is 6.55. The third-order valence-electron chi connectivity index (χ3n) is 4.23. The molecule has 5 nitrogen and oxygen atoms in total. The van der Waals surface area contributed by atoms with E-state index in [1.807, 2.05) is 6.92 Å². The van der Waals surface area contributed by atoms with Crippen molar-refractivity contribution in [3.63, 3.8) is 0 Å². The molecule has 2 rings (SSSR count). The number of hydrogen-bond donors (Lipinski definition) is 2. The molecule has 0 spiro atoms. The third kappa shape index (κ3) is 5.04. The van der Waals surface area contributed by atoms with Crippen LogP contribution in [-0.2, 0) is 11.0 Å². The Morgan fingerprint density at radius 1 is 1.38 bits per heavy atom. The number of anilines is 1. The van der Waals surface area contributed by atoms with E-state index < -0.39 is 23.2 Å². The molecule has 0 unspecified atom stereocenters. The van der Waals surface area contributed by atoms with E-state index in [1.54, 1.807) is 6.92 Å². The molecule has 1 aromatic carbocycles. The Morgan fingerprint density at radius 3 is 2.62 bits per heavy atom. The van der Waals surface area contributed by atoms with Crippen molar-refractivity contribution in [3.8, 4) is 11.8 Å². The van der Waals surface area contributed by atoms with Crippen LogP contribution >= 0.6 is 0 Å². The van der Waals surface area contributed by atoms with Crippen molar-refractivity contribution < 1.29 is 22.7 Å². The number of ether oxygens (including phenoxy) is 1. The topological polar surface area (TPSA) is 74.2 Å². The summed E-state index contributed by atoms with van der Waals surface area (Å²) in [5.74, 6) is -0.0915. The van der Waals surface area contributed by atoms with E-state index in [9.17, 15) is 23.2 Å². The number of rotatable bonds is 8. The van der Waals surface area contributed by atoms with Crippen LogP contribution in [0, 0.1) is 17.2 Å². The van der Waals surface area contributed by atoms with Gasteiger partial charge < -0.3 is 15.4 Å². The summed E-state index contributed by atoms with van der Waals surface area (Å²) < 4.78 is 44.2. The van der Waals surface area contributed by atoms with Gasteiger partial charge in [-0.1, -0.05) is 6.92 Å². The average Bonchev–Trinajstić information content (AvgIpc) is 3.43. The maximum atomic E-state index is 12.9. The van der Waals surface area contributed by atoms with Crippen molar-refractivity contribution in [1.82, 2.24) is 5.32 Å². The summed E-state index contributed by atoms with van der Waals surface area (Å²) in [6.07, 6.45) is -2.04. The molecule has 0 heterocycles. The minimum Gasteiger partial charge on any atom is -0.491 e. The first kappa shape index (κ1) is 19.9. The van der Waals surface area contributed by atoms with Crippen LogP contribution in [0.3, 0.4) is 0 Å². The lowest BCUT2D eigenvalue weighted by atomic mass is 9.98. The predicted molar refractivity (Wildman–Crippen MR) is 90.6 cm³/mol. The van der Waals surface area contributed by atoms with Crippen LogP contribution in [0.25, 0.3) is 0 Å². The highest BCUT2D eigenvalue weighted by Crippen LogP contribution is 2.39. The van der Waals surface area contributed by atoms with Gasteiger partial charge >= 0.3 is 6.18 Å². The van der Waals surface area contributed by atoms with Crippen LogP contribution in [0.4, 0.5) is 18.9 Å². The molecular formula is C18H22F3N3O2. The molecule has 2 N–H and O–H groups in total. The maximum absolute atomic E-state index is 12.9. The maximum Gasteiger partial charge on any atom is 0.416 e. The number of carbonyl (C=O) groups excluding carboxylic acids is 1. The van der Waals surface area contributed by atoms with Crippen LogP contribution in [0.1, 0.15) is 38.7 Å². The largest absolute Gasteiger partial charge is 0.491 e. The smallest absolute Gasteiger partial charge is 0.416 e. The molecule has 0 aliphatic heterocycles. The van der Waals surface area contributed by atoms with Crippen LogP contribution in [0.5, 0.6) is 5.75 Å². The first-order valence-corrected chi connectivity index (χ1v) is 8.49. The molecule has 1 fully saturated rings. The van der Waals surface area contributed by atoms with Gasteiger partial charge in [0.15, 0.2) is 0 Å². The van der Waals surface area contributed by atoms with Gasteiger partial charge in [0, 0.05) is 0 Å². The van der Waals surface area contributed by atoms with E-state index in [4.69, 9.17) is 4.74 Å². The number of nitrogens with one attached hydrogen (secondary N) is 2. The molecule has 1 atom stereocenters. The van der Waals surface area contributed by atoms with Crippen molar-refractivity contribution in [1.29, 1.82) is 5.26 Å². The number of alkyl halides is 3. The van der Waals surface area contributed by atoms with Gasteiger partial charge in [-0.05, 0) is 50.3 Å². The molecule has 0 radical (unpaired) electrons. The lowest BCUT2D eigenvalue weighted by Gasteiger charge is -2.23. The van der Waals surface area contributed by atoms with Crippen molar-refractivity contribution in [2.24, 2.45) is 5.92 Å². The molecule has 1 saturated carbocycles. The van der Waals surface area contributed by atoms with E-state index in [0.29, 0.717) is 13.0 Å². The Balaban J connectivity index is 2.08. The Hall–Kier alpha value is -2.43. The standard InChI is InChI=1S/C18H22F3N3O2/c1-3-8-26-15-7-6-13(18(19,20)21)9-14(15)23-10-16(25)24-17(2,11-22)12-4-5-12/h6-7,9,12,23H,3-5,8,10H2,1-2H3,(H,24,25)/t17-/m1/s1. The van der Waals surface area contributed by atoms with Crippen LogP contribution in [0.2, 0.25) is 0 Å².